The number of unbranched alkanes of at least 4 members (excludes halogenated alkanes) is 1. The highest BCUT2D eigenvalue weighted by Gasteiger charge is 2.29. The molecule has 2 aromatic rings. The first-order chi connectivity index (χ1) is 12.6. The van der Waals surface area contributed by atoms with Gasteiger partial charge in [-0.1, -0.05) is 13.3 Å². The highest BCUT2D eigenvalue weighted by atomic mass is 16.4. The van der Waals surface area contributed by atoms with Crippen LogP contribution in [-0.2, 0) is 13.1 Å². The smallest absolute Gasteiger partial charge is 0.289 e. The zero-order chi connectivity index (χ0) is 18.5. The van der Waals surface area contributed by atoms with Crippen LogP contribution in [0.15, 0.2) is 28.9 Å². The molecule has 0 spiro atoms. The number of imidazole rings is 1. The maximum absolute atomic E-state index is 12.9. The van der Waals surface area contributed by atoms with Crippen LogP contribution in [0.5, 0.6) is 0 Å². The van der Waals surface area contributed by atoms with Crippen LogP contribution >= 0.6 is 0 Å². The summed E-state index contributed by atoms with van der Waals surface area (Å²) in [5, 5.41) is 0. The van der Waals surface area contributed by atoms with Crippen LogP contribution in [0.3, 0.4) is 0 Å². The van der Waals surface area contributed by atoms with E-state index in [9.17, 15) is 4.79 Å². The van der Waals surface area contributed by atoms with E-state index in [1.54, 1.807) is 6.07 Å². The van der Waals surface area contributed by atoms with Gasteiger partial charge in [0, 0.05) is 37.9 Å². The molecule has 1 atom stereocenters. The van der Waals surface area contributed by atoms with Crippen molar-refractivity contribution in [1.29, 1.82) is 0 Å². The van der Waals surface area contributed by atoms with Gasteiger partial charge in [-0.05, 0) is 45.5 Å². The lowest BCUT2D eigenvalue weighted by atomic mass is 9.97. The van der Waals surface area contributed by atoms with Gasteiger partial charge in [0.1, 0.15) is 11.6 Å². The number of hydrogen-bond donors (Lipinski definition) is 0. The van der Waals surface area contributed by atoms with Crippen LogP contribution in [-0.4, -0.2) is 52.4 Å². The average molecular weight is 358 g/mol. The Bertz CT molecular complexity index is 719. The van der Waals surface area contributed by atoms with Crippen LogP contribution in [0.4, 0.5) is 0 Å². The van der Waals surface area contributed by atoms with Crippen LogP contribution in [0.25, 0.3) is 0 Å². The first kappa shape index (κ1) is 18.7. The first-order valence-corrected chi connectivity index (χ1v) is 9.62. The van der Waals surface area contributed by atoms with Crippen LogP contribution in [0, 0.1) is 0 Å². The minimum Gasteiger partial charge on any atom is -0.455 e. The second-order valence-corrected chi connectivity index (χ2v) is 7.43. The monoisotopic (exact) mass is 358 g/mol. The predicted octanol–water partition coefficient (Wildman–Crippen LogP) is 3.36. The van der Waals surface area contributed by atoms with E-state index in [-0.39, 0.29) is 5.91 Å². The number of likely N-dealkylation sites (tertiary alicyclic amines) is 1. The van der Waals surface area contributed by atoms with Crippen molar-refractivity contribution in [2.75, 3.05) is 27.2 Å². The molecule has 1 aliphatic rings. The van der Waals surface area contributed by atoms with Gasteiger partial charge in [0.25, 0.3) is 5.91 Å². The van der Waals surface area contributed by atoms with E-state index in [1.807, 2.05) is 36.2 Å². The fourth-order valence-corrected chi connectivity index (χ4v) is 3.62. The van der Waals surface area contributed by atoms with Crippen molar-refractivity contribution >= 4 is 5.91 Å². The first-order valence-electron chi connectivity index (χ1n) is 9.62. The Morgan fingerprint density at radius 3 is 3.00 bits per heavy atom. The highest BCUT2D eigenvalue weighted by Crippen LogP contribution is 2.27. The fourth-order valence-electron chi connectivity index (χ4n) is 3.62. The summed E-state index contributed by atoms with van der Waals surface area (Å²) in [6.07, 6.45) is 8.34. The molecule has 0 aromatic carbocycles. The molecule has 1 fully saturated rings. The van der Waals surface area contributed by atoms with Gasteiger partial charge in [-0.15, -0.1) is 0 Å². The third kappa shape index (κ3) is 4.36. The van der Waals surface area contributed by atoms with Gasteiger partial charge in [0.2, 0.25) is 0 Å². The third-order valence-electron chi connectivity index (χ3n) is 4.92. The lowest BCUT2D eigenvalue weighted by Gasteiger charge is -2.32. The number of aryl methyl sites for hydroxylation is 1. The Labute approximate surface area is 155 Å². The van der Waals surface area contributed by atoms with Crippen molar-refractivity contribution in [3.63, 3.8) is 0 Å². The lowest BCUT2D eigenvalue weighted by molar-refractivity contribution is 0.0668. The zero-order valence-corrected chi connectivity index (χ0v) is 16.1. The molecule has 1 unspecified atom stereocenters. The van der Waals surface area contributed by atoms with E-state index in [1.165, 1.54) is 6.42 Å². The fraction of sp³-hybridized carbons (Fsp3) is 0.600. The topological polar surface area (TPSA) is 54.5 Å². The van der Waals surface area contributed by atoms with Gasteiger partial charge in [-0.25, -0.2) is 4.98 Å². The average Bonchev–Trinajstić information content (AvgIpc) is 3.28. The number of aromatic nitrogens is 2. The molecule has 6 heteroatoms. The molecule has 3 heterocycles. The molecule has 6 nitrogen and oxygen atoms in total. The van der Waals surface area contributed by atoms with Crippen LogP contribution in [0.2, 0.25) is 0 Å². The van der Waals surface area contributed by atoms with Crippen molar-refractivity contribution in [3.8, 4) is 0 Å². The number of piperidine rings is 1. The molecule has 3 rings (SSSR count). The van der Waals surface area contributed by atoms with Crippen molar-refractivity contribution in [3.05, 3.63) is 41.9 Å². The van der Waals surface area contributed by atoms with Crippen molar-refractivity contribution in [2.24, 2.45) is 0 Å². The number of furan rings is 1. The molecule has 142 valence electrons. The van der Waals surface area contributed by atoms with Crippen molar-refractivity contribution < 1.29 is 9.21 Å². The number of carbonyl (C=O) groups is 1. The van der Waals surface area contributed by atoms with Gasteiger partial charge in [0.15, 0.2) is 5.76 Å². The minimum absolute atomic E-state index is 0.00799. The van der Waals surface area contributed by atoms with Gasteiger partial charge >= 0.3 is 0 Å². The van der Waals surface area contributed by atoms with Crippen molar-refractivity contribution in [1.82, 2.24) is 19.4 Å². The largest absolute Gasteiger partial charge is 0.455 e. The molecule has 0 bridgehead atoms. The summed E-state index contributed by atoms with van der Waals surface area (Å²) in [7, 11) is 3.97. The number of amides is 1. The summed E-state index contributed by atoms with van der Waals surface area (Å²) in [5.74, 6) is 2.67. The second-order valence-electron chi connectivity index (χ2n) is 7.43. The summed E-state index contributed by atoms with van der Waals surface area (Å²) in [5.41, 5.74) is 0. The minimum atomic E-state index is -0.00799. The normalized spacial score (nSPS) is 17.8. The maximum atomic E-state index is 12.9. The van der Waals surface area contributed by atoms with Crippen molar-refractivity contribution in [2.45, 2.75) is 51.6 Å². The molecule has 1 saturated heterocycles. The predicted molar refractivity (Wildman–Crippen MR) is 101 cm³/mol. The number of nitrogens with zero attached hydrogens (tertiary/aromatic N) is 4. The number of carbonyl (C=O) groups excluding carboxylic acids is 1. The number of rotatable bonds is 7. The summed E-state index contributed by atoms with van der Waals surface area (Å²) in [6, 6.07) is 3.69. The van der Waals surface area contributed by atoms with Crippen LogP contribution in [0.1, 0.15) is 60.7 Å². The second kappa shape index (κ2) is 8.54. The zero-order valence-electron chi connectivity index (χ0n) is 16.1. The molecule has 0 N–H and O–H groups in total. The molecular formula is C20H30N4O2. The van der Waals surface area contributed by atoms with Gasteiger partial charge in [-0.2, -0.15) is 0 Å². The maximum Gasteiger partial charge on any atom is 0.289 e. The quantitative estimate of drug-likeness (QED) is 0.762. The van der Waals surface area contributed by atoms with Gasteiger partial charge in [0.05, 0.1) is 6.54 Å². The Morgan fingerprint density at radius 2 is 2.23 bits per heavy atom. The molecule has 0 radical (unpaired) electrons. The summed E-state index contributed by atoms with van der Waals surface area (Å²) in [4.78, 5) is 21.4. The third-order valence-corrected chi connectivity index (χ3v) is 4.92. The number of hydrogen-bond acceptors (Lipinski definition) is 4. The van der Waals surface area contributed by atoms with Crippen LogP contribution < -0.4 is 0 Å². The summed E-state index contributed by atoms with van der Waals surface area (Å²) in [6.45, 7) is 5.40. The molecule has 26 heavy (non-hydrogen) atoms. The summed E-state index contributed by atoms with van der Waals surface area (Å²) < 4.78 is 8.01. The van der Waals surface area contributed by atoms with E-state index in [2.05, 4.69) is 22.7 Å². The molecular weight excluding hydrogens is 328 g/mol. The highest BCUT2D eigenvalue weighted by molar-refractivity contribution is 5.91. The lowest BCUT2D eigenvalue weighted by Crippen LogP contribution is -2.39. The Balaban J connectivity index is 1.67. The van der Waals surface area contributed by atoms with Gasteiger partial charge < -0.3 is 18.8 Å². The SMILES string of the molecule is CCCCn1ccnc1C1CCCN(C(=O)c2ccc(CN(C)C)o2)C1. The van der Waals surface area contributed by atoms with E-state index in [0.717, 1.165) is 43.9 Å². The Hall–Kier alpha value is -2.08. The van der Waals surface area contributed by atoms with Gasteiger partial charge in [-0.3, -0.25) is 4.79 Å². The van der Waals surface area contributed by atoms with E-state index < -0.39 is 0 Å². The molecule has 1 amide bonds. The molecule has 0 saturated carbocycles. The Morgan fingerprint density at radius 1 is 1.38 bits per heavy atom. The Kier molecular flexibility index (Phi) is 6.14. The van der Waals surface area contributed by atoms with E-state index in [4.69, 9.17) is 4.42 Å². The van der Waals surface area contributed by atoms with E-state index in [0.29, 0.717) is 24.8 Å². The molecule has 0 aliphatic carbocycles. The molecule has 1 aliphatic heterocycles. The molecule has 2 aromatic heterocycles. The summed E-state index contributed by atoms with van der Waals surface area (Å²) >= 11 is 0. The van der Waals surface area contributed by atoms with E-state index >= 15 is 0 Å². The standard InChI is InChI=1S/C20H30N4O2/c1-4-5-11-23-13-10-21-19(23)16-7-6-12-24(14-16)20(25)18-9-8-17(26-18)15-22(2)3/h8-10,13,16H,4-7,11-12,14-15H2,1-3H3.